The molecule has 1 aliphatic carbocycles. The molecule has 4 amide bonds. The van der Waals surface area contributed by atoms with Gasteiger partial charge in [-0.15, -0.1) is 0 Å². The van der Waals surface area contributed by atoms with E-state index in [0.717, 1.165) is 30.4 Å². The Hall–Kier alpha value is -3.80. The summed E-state index contributed by atoms with van der Waals surface area (Å²) in [7, 11) is 0. The summed E-state index contributed by atoms with van der Waals surface area (Å²) in [6, 6.07) is 16.2. The summed E-state index contributed by atoms with van der Waals surface area (Å²) in [5.74, 6) is -1.31. The Balaban J connectivity index is 1.22. The van der Waals surface area contributed by atoms with E-state index in [-0.39, 0.29) is 18.2 Å². The Bertz CT molecular complexity index is 1480. The highest BCUT2D eigenvalue weighted by molar-refractivity contribution is 5.95. The molecule has 3 fully saturated rings. The molecular formula is C43H65N7O4. The van der Waals surface area contributed by atoms with Gasteiger partial charge in [-0.25, -0.2) is 0 Å². The van der Waals surface area contributed by atoms with Crippen LogP contribution in [0.4, 0.5) is 0 Å². The maximum Gasteiger partial charge on any atom is 0.245 e. The van der Waals surface area contributed by atoms with Crippen molar-refractivity contribution in [2.45, 2.75) is 128 Å². The number of carbonyl (C=O) groups excluding carboxylic acids is 4. The van der Waals surface area contributed by atoms with Gasteiger partial charge in [-0.3, -0.25) is 19.2 Å². The predicted molar refractivity (Wildman–Crippen MR) is 213 cm³/mol. The van der Waals surface area contributed by atoms with Gasteiger partial charge < -0.3 is 37.2 Å². The molecule has 3 aliphatic rings. The summed E-state index contributed by atoms with van der Waals surface area (Å²) in [6.45, 7) is 8.33. The normalized spacial score (nSPS) is 19.7. The molecule has 11 heteroatoms. The number of hydrogen-bond donors (Lipinski definition) is 5. The van der Waals surface area contributed by atoms with Crippen LogP contribution in [0.15, 0.2) is 60.7 Å². The number of piperidine rings is 2. The summed E-state index contributed by atoms with van der Waals surface area (Å²) in [5.41, 5.74) is 14.2. The first-order valence-corrected chi connectivity index (χ1v) is 20.5. The molecule has 2 aromatic rings. The number of carbonyl (C=O) groups is 4. The van der Waals surface area contributed by atoms with Gasteiger partial charge in [-0.1, -0.05) is 80.9 Å². The second-order valence-corrected chi connectivity index (χ2v) is 16.6. The van der Waals surface area contributed by atoms with E-state index in [1.54, 1.807) is 0 Å². The van der Waals surface area contributed by atoms with E-state index in [2.05, 4.69) is 20.9 Å². The molecule has 2 aliphatic heterocycles. The number of unbranched alkanes of at least 4 members (excludes halogenated alkanes) is 1. The molecule has 0 unspecified atom stereocenters. The van der Waals surface area contributed by atoms with Gasteiger partial charge in [0.05, 0.1) is 6.04 Å². The Morgan fingerprint density at radius 1 is 0.722 bits per heavy atom. The number of benzene rings is 2. The first-order valence-electron chi connectivity index (χ1n) is 20.5. The van der Waals surface area contributed by atoms with Crippen molar-refractivity contribution in [1.29, 1.82) is 0 Å². The fourth-order valence-corrected chi connectivity index (χ4v) is 8.61. The summed E-state index contributed by atoms with van der Waals surface area (Å²) in [5, 5.41) is 8.89. The summed E-state index contributed by atoms with van der Waals surface area (Å²) in [4.78, 5) is 60.1. The lowest BCUT2D eigenvalue weighted by atomic mass is 9.60. The van der Waals surface area contributed by atoms with Crippen LogP contribution >= 0.6 is 0 Å². The SMILES string of the molecule is CC(C)C[C@@H](NC(=O)[C@@H](Cc1ccccc1)NC(=O)[C@H](N)Cc1ccccc1)C(=O)N[C@H](CCCCN)C(=O)N1CCC2(CC1)CC(N1CCCCC1)C2. The van der Waals surface area contributed by atoms with Crippen molar-refractivity contribution in [1.82, 2.24) is 25.8 Å². The molecule has 0 bridgehead atoms. The zero-order valence-corrected chi connectivity index (χ0v) is 32.6. The van der Waals surface area contributed by atoms with E-state index in [1.165, 1.54) is 45.2 Å². The van der Waals surface area contributed by atoms with Gasteiger partial charge in [-0.05, 0) is 113 Å². The molecule has 2 heterocycles. The summed E-state index contributed by atoms with van der Waals surface area (Å²) in [6.07, 6.45) is 11.3. The fourth-order valence-electron chi connectivity index (χ4n) is 8.61. The van der Waals surface area contributed by atoms with Gasteiger partial charge in [0, 0.05) is 25.6 Å². The highest BCUT2D eigenvalue weighted by Gasteiger charge is 2.48. The highest BCUT2D eigenvalue weighted by Crippen LogP contribution is 2.51. The average molecular weight is 744 g/mol. The molecule has 54 heavy (non-hydrogen) atoms. The molecule has 5 rings (SSSR count). The van der Waals surface area contributed by atoms with Gasteiger partial charge in [0.1, 0.15) is 18.1 Å². The van der Waals surface area contributed by atoms with Crippen LogP contribution in [0.2, 0.25) is 0 Å². The van der Waals surface area contributed by atoms with E-state index >= 15 is 0 Å². The number of nitrogens with zero attached hydrogens (tertiary/aromatic N) is 2. The third-order valence-electron chi connectivity index (χ3n) is 11.8. The minimum Gasteiger partial charge on any atom is -0.343 e. The summed E-state index contributed by atoms with van der Waals surface area (Å²) < 4.78 is 0. The van der Waals surface area contributed by atoms with Crippen molar-refractivity contribution in [2.75, 3.05) is 32.7 Å². The second kappa shape index (κ2) is 20.2. The van der Waals surface area contributed by atoms with Crippen LogP contribution in [0.3, 0.4) is 0 Å². The monoisotopic (exact) mass is 744 g/mol. The molecule has 7 N–H and O–H groups in total. The first kappa shape index (κ1) is 41.4. The van der Waals surface area contributed by atoms with Gasteiger partial charge in [0.15, 0.2) is 0 Å². The van der Waals surface area contributed by atoms with E-state index < -0.39 is 41.9 Å². The predicted octanol–water partition coefficient (Wildman–Crippen LogP) is 3.69. The Morgan fingerprint density at radius 2 is 1.28 bits per heavy atom. The molecule has 2 saturated heterocycles. The van der Waals surface area contributed by atoms with E-state index in [4.69, 9.17) is 11.5 Å². The summed E-state index contributed by atoms with van der Waals surface area (Å²) >= 11 is 0. The minimum atomic E-state index is -0.965. The van der Waals surface area contributed by atoms with Crippen LogP contribution in [0, 0.1) is 11.3 Å². The third-order valence-corrected chi connectivity index (χ3v) is 11.8. The van der Waals surface area contributed by atoms with Crippen LogP contribution in [0.25, 0.3) is 0 Å². The maximum absolute atomic E-state index is 14.1. The van der Waals surface area contributed by atoms with Crippen LogP contribution in [0.1, 0.15) is 95.6 Å². The van der Waals surface area contributed by atoms with Gasteiger partial charge >= 0.3 is 0 Å². The van der Waals surface area contributed by atoms with E-state index in [9.17, 15) is 19.2 Å². The Labute approximate surface area is 322 Å². The molecule has 0 radical (unpaired) electrons. The standard InChI is InChI=1S/C43H65N7O4/c1-31(2)26-37(48-41(53)38(28-33-16-8-4-9-17-33)47-39(51)35(45)27-32-14-6-3-7-15-32)40(52)46-36(18-10-11-21-44)42(54)50-24-19-43(20-25-50)29-34(30-43)49-22-12-5-13-23-49/h3-4,6-9,14-17,31,34-38H,5,10-13,18-30,44-45H2,1-2H3,(H,46,52)(H,47,51)(H,48,53)/t35-,36-,37-,38-/m1/s1. The fraction of sp³-hybridized carbons (Fsp3) is 0.628. The van der Waals surface area contributed by atoms with Crippen LogP contribution in [0.5, 0.6) is 0 Å². The Morgan fingerprint density at radius 3 is 1.87 bits per heavy atom. The number of amides is 4. The van der Waals surface area contributed by atoms with Crippen molar-refractivity contribution >= 4 is 23.6 Å². The van der Waals surface area contributed by atoms with Crippen molar-refractivity contribution in [3.05, 3.63) is 71.8 Å². The molecule has 0 aromatic heterocycles. The minimum absolute atomic E-state index is 0.0571. The molecule has 2 aromatic carbocycles. The lowest BCUT2D eigenvalue weighted by molar-refractivity contribution is -0.141. The largest absolute Gasteiger partial charge is 0.343 e. The first-order chi connectivity index (χ1) is 26.1. The topological polar surface area (TPSA) is 163 Å². The van der Waals surface area contributed by atoms with E-state index in [1.807, 2.05) is 79.4 Å². The van der Waals surface area contributed by atoms with Gasteiger partial charge in [0.25, 0.3) is 0 Å². The van der Waals surface area contributed by atoms with Gasteiger partial charge in [0.2, 0.25) is 23.6 Å². The van der Waals surface area contributed by atoms with Crippen molar-refractivity contribution in [2.24, 2.45) is 22.8 Å². The zero-order valence-electron chi connectivity index (χ0n) is 32.6. The number of nitrogens with two attached hydrogens (primary N) is 2. The highest BCUT2D eigenvalue weighted by atomic mass is 16.2. The number of likely N-dealkylation sites (tertiary alicyclic amines) is 2. The maximum atomic E-state index is 14.1. The molecular weight excluding hydrogens is 679 g/mol. The molecule has 1 saturated carbocycles. The van der Waals surface area contributed by atoms with E-state index in [0.29, 0.717) is 56.8 Å². The van der Waals surface area contributed by atoms with Crippen LogP contribution in [-0.4, -0.2) is 96.4 Å². The lowest BCUT2D eigenvalue weighted by Crippen LogP contribution is -2.60. The van der Waals surface area contributed by atoms with Crippen LogP contribution in [-0.2, 0) is 32.0 Å². The number of hydrogen-bond acceptors (Lipinski definition) is 7. The molecule has 4 atom stereocenters. The van der Waals surface area contributed by atoms with Crippen LogP contribution < -0.4 is 27.4 Å². The third kappa shape index (κ3) is 11.8. The molecule has 1 spiro atoms. The second-order valence-electron chi connectivity index (χ2n) is 16.6. The molecule has 11 nitrogen and oxygen atoms in total. The van der Waals surface area contributed by atoms with Crippen molar-refractivity contribution in [3.8, 4) is 0 Å². The van der Waals surface area contributed by atoms with Crippen molar-refractivity contribution in [3.63, 3.8) is 0 Å². The number of rotatable bonds is 18. The molecule has 296 valence electrons. The van der Waals surface area contributed by atoms with Crippen molar-refractivity contribution < 1.29 is 19.2 Å². The zero-order chi connectivity index (χ0) is 38.5. The van der Waals surface area contributed by atoms with Gasteiger partial charge in [-0.2, -0.15) is 0 Å². The average Bonchev–Trinajstić information content (AvgIpc) is 3.16. The lowest BCUT2D eigenvalue weighted by Gasteiger charge is -2.56. The number of nitrogens with one attached hydrogen (secondary N) is 3. The smallest absolute Gasteiger partial charge is 0.245 e. The Kier molecular flexibility index (Phi) is 15.5. The quantitative estimate of drug-likeness (QED) is 0.146.